The van der Waals surface area contributed by atoms with Crippen LogP contribution in [-0.4, -0.2) is 64.5 Å². The Morgan fingerprint density at radius 1 is 1.04 bits per heavy atom. The van der Waals surface area contributed by atoms with Crippen molar-refractivity contribution in [2.45, 2.75) is 76.3 Å². The lowest BCUT2D eigenvalue weighted by molar-refractivity contribution is -0.149. The van der Waals surface area contributed by atoms with Gasteiger partial charge in [0.05, 0.1) is 5.41 Å². The van der Waals surface area contributed by atoms with Gasteiger partial charge in [-0.05, 0) is 44.4 Å². The summed E-state index contributed by atoms with van der Waals surface area (Å²) in [4.78, 5) is 41.2. The first kappa shape index (κ1) is 18.6. The summed E-state index contributed by atoms with van der Waals surface area (Å²) in [6, 6.07) is -0.407. The van der Waals surface area contributed by atoms with Crippen LogP contribution in [0.2, 0.25) is 0 Å². The van der Waals surface area contributed by atoms with Crippen LogP contribution in [0.3, 0.4) is 0 Å². The smallest absolute Gasteiger partial charge is 0.318 e. The summed E-state index contributed by atoms with van der Waals surface area (Å²) >= 11 is 0. The molecule has 0 aromatic heterocycles. The minimum Gasteiger partial charge on any atom is -0.481 e. The summed E-state index contributed by atoms with van der Waals surface area (Å²) in [6.07, 6.45) is 9.77. The normalized spacial score (nSPS) is 34.6. The second kappa shape index (κ2) is 7.32. The summed E-state index contributed by atoms with van der Waals surface area (Å²) < 4.78 is 0. The van der Waals surface area contributed by atoms with Crippen molar-refractivity contribution in [1.29, 1.82) is 0 Å². The highest BCUT2D eigenvalue weighted by atomic mass is 16.4. The van der Waals surface area contributed by atoms with E-state index in [0.29, 0.717) is 25.4 Å². The van der Waals surface area contributed by atoms with Crippen LogP contribution in [0.15, 0.2) is 0 Å². The minimum absolute atomic E-state index is 0.0431. The first-order valence-corrected chi connectivity index (χ1v) is 10.6. The largest absolute Gasteiger partial charge is 0.481 e. The van der Waals surface area contributed by atoms with Crippen molar-refractivity contribution < 1.29 is 19.5 Å². The number of carbonyl (C=O) groups is 3. The lowest BCUT2D eigenvalue weighted by Crippen LogP contribution is -2.57. The van der Waals surface area contributed by atoms with Crippen molar-refractivity contribution >= 4 is 17.9 Å². The second-order valence-electron chi connectivity index (χ2n) is 8.90. The Bertz CT molecular complexity index is 618. The number of rotatable bonds is 3. The van der Waals surface area contributed by atoms with Gasteiger partial charge in [0.15, 0.2) is 0 Å². The highest BCUT2D eigenvalue weighted by Crippen LogP contribution is 2.48. The van der Waals surface area contributed by atoms with Gasteiger partial charge >= 0.3 is 12.0 Å². The first-order chi connectivity index (χ1) is 13.0. The molecule has 4 aliphatic rings. The van der Waals surface area contributed by atoms with Gasteiger partial charge in [0.2, 0.25) is 5.91 Å². The Morgan fingerprint density at radius 3 is 2.52 bits per heavy atom. The molecule has 0 spiro atoms. The Balaban J connectivity index is 1.38. The fraction of sp³-hybridized carbons (Fsp3) is 0.850. The molecule has 7 heteroatoms. The maximum atomic E-state index is 12.9. The van der Waals surface area contributed by atoms with E-state index in [9.17, 15) is 19.5 Å². The number of nitrogens with one attached hydrogen (secondary N) is 1. The number of likely N-dealkylation sites (tertiary alicyclic amines) is 2. The van der Waals surface area contributed by atoms with E-state index in [-0.39, 0.29) is 24.4 Å². The maximum Gasteiger partial charge on any atom is 0.318 e. The van der Waals surface area contributed by atoms with Gasteiger partial charge in [-0.2, -0.15) is 0 Å². The van der Waals surface area contributed by atoms with Crippen molar-refractivity contribution in [2.24, 2.45) is 11.3 Å². The number of carbonyl (C=O) groups excluding carboxylic acids is 2. The number of carboxylic acid groups (broad SMARTS) is 1. The highest BCUT2D eigenvalue weighted by molar-refractivity contribution is 5.88. The monoisotopic (exact) mass is 377 g/mol. The molecule has 3 amide bonds. The van der Waals surface area contributed by atoms with Gasteiger partial charge in [0, 0.05) is 25.7 Å². The van der Waals surface area contributed by atoms with Gasteiger partial charge < -0.3 is 20.2 Å². The van der Waals surface area contributed by atoms with Crippen molar-refractivity contribution in [3.63, 3.8) is 0 Å². The van der Waals surface area contributed by atoms with Gasteiger partial charge in [-0.15, -0.1) is 0 Å². The molecule has 150 valence electrons. The van der Waals surface area contributed by atoms with Gasteiger partial charge in [-0.1, -0.05) is 25.7 Å². The number of hydrogen-bond acceptors (Lipinski definition) is 3. The molecular weight excluding hydrogens is 346 g/mol. The number of fused-ring (bicyclic) bond motifs is 1. The predicted octanol–water partition coefficient (Wildman–Crippen LogP) is 2.21. The highest BCUT2D eigenvalue weighted by Gasteiger charge is 2.56. The molecule has 0 bridgehead atoms. The SMILES string of the molecule is O=C(NC1CCCN(C2CCCCC2)C1=O)N1C[C@@H]2CCC[C@@]2(C(=O)O)C1. The molecule has 1 unspecified atom stereocenters. The number of aliphatic carboxylic acids is 1. The lowest BCUT2D eigenvalue weighted by atomic mass is 9.81. The van der Waals surface area contributed by atoms with Gasteiger partial charge in [0.25, 0.3) is 0 Å². The molecule has 27 heavy (non-hydrogen) atoms. The molecule has 2 heterocycles. The number of piperidine rings is 1. The maximum absolute atomic E-state index is 12.9. The molecule has 3 atom stereocenters. The summed E-state index contributed by atoms with van der Waals surface area (Å²) in [5, 5.41) is 12.6. The molecule has 0 radical (unpaired) electrons. The molecule has 0 aromatic rings. The van der Waals surface area contributed by atoms with E-state index in [4.69, 9.17) is 0 Å². The van der Waals surface area contributed by atoms with Crippen molar-refractivity contribution in [1.82, 2.24) is 15.1 Å². The molecule has 2 aliphatic heterocycles. The zero-order valence-corrected chi connectivity index (χ0v) is 16.0. The van der Waals surface area contributed by atoms with E-state index in [2.05, 4.69) is 5.32 Å². The molecule has 7 nitrogen and oxygen atoms in total. The van der Waals surface area contributed by atoms with Crippen LogP contribution in [0.5, 0.6) is 0 Å². The van der Waals surface area contributed by atoms with Crippen molar-refractivity contribution in [3.05, 3.63) is 0 Å². The van der Waals surface area contributed by atoms with Crippen LogP contribution < -0.4 is 5.32 Å². The minimum atomic E-state index is -0.780. The zero-order chi connectivity index (χ0) is 19.0. The average Bonchev–Trinajstić information content (AvgIpc) is 3.23. The van der Waals surface area contributed by atoms with Crippen LogP contribution in [-0.2, 0) is 9.59 Å². The predicted molar refractivity (Wildman–Crippen MR) is 99.1 cm³/mol. The molecule has 0 aromatic carbocycles. The average molecular weight is 377 g/mol. The first-order valence-electron chi connectivity index (χ1n) is 10.6. The molecule has 2 saturated heterocycles. The van der Waals surface area contributed by atoms with E-state index in [0.717, 1.165) is 38.6 Å². The van der Waals surface area contributed by atoms with E-state index < -0.39 is 17.4 Å². The van der Waals surface area contributed by atoms with Gasteiger partial charge in [0.1, 0.15) is 6.04 Å². The third-order valence-corrected chi connectivity index (χ3v) is 7.37. The quantitative estimate of drug-likeness (QED) is 0.789. The summed E-state index contributed by atoms with van der Waals surface area (Å²) in [6.45, 7) is 1.56. The number of urea groups is 1. The topological polar surface area (TPSA) is 90.0 Å². The van der Waals surface area contributed by atoms with E-state index in [1.54, 1.807) is 4.90 Å². The zero-order valence-electron chi connectivity index (χ0n) is 16.0. The summed E-state index contributed by atoms with van der Waals surface area (Å²) in [7, 11) is 0. The van der Waals surface area contributed by atoms with E-state index in [1.807, 2.05) is 4.90 Å². The molecule has 4 rings (SSSR count). The Kier molecular flexibility index (Phi) is 5.03. The number of amides is 3. The fourth-order valence-corrected chi connectivity index (χ4v) is 5.82. The van der Waals surface area contributed by atoms with Crippen molar-refractivity contribution in [2.75, 3.05) is 19.6 Å². The second-order valence-corrected chi connectivity index (χ2v) is 8.90. The molecule has 2 N–H and O–H groups in total. The van der Waals surface area contributed by atoms with Crippen LogP contribution in [0.1, 0.15) is 64.2 Å². The van der Waals surface area contributed by atoms with Crippen LogP contribution >= 0.6 is 0 Å². The molecule has 2 aliphatic carbocycles. The van der Waals surface area contributed by atoms with Crippen LogP contribution in [0, 0.1) is 11.3 Å². The lowest BCUT2D eigenvalue weighted by Gasteiger charge is -2.40. The summed E-state index contributed by atoms with van der Waals surface area (Å²) in [5.74, 6) is -0.687. The molecular formula is C20H31N3O4. The number of hydrogen-bond donors (Lipinski definition) is 2. The fourth-order valence-electron chi connectivity index (χ4n) is 5.82. The van der Waals surface area contributed by atoms with E-state index >= 15 is 0 Å². The third kappa shape index (κ3) is 3.29. The Labute approximate surface area is 160 Å². The molecule has 2 saturated carbocycles. The third-order valence-electron chi connectivity index (χ3n) is 7.37. The van der Waals surface area contributed by atoms with Crippen molar-refractivity contribution in [3.8, 4) is 0 Å². The standard InChI is InChI=1S/C20H31N3O4/c24-17-16(9-5-11-23(17)15-7-2-1-3-8-15)21-19(27)22-12-14-6-4-10-20(14,13-22)18(25)26/h14-16H,1-13H2,(H,21,27)(H,25,26)/t14-,16?,20+/m0/s1. The summed E-state index contributed by atoms with van der Waals surface area (Å²) in [5.41, 5.74) is -0.776. The van der Waals surface area contributed by atoms with Gasteiger partial charge in [-0.3, -0.25) is 9.59 Å². The number of nitrogens with zero attached hydrogens (tertiary/aromatic N) is 2. The Hall–Kier alpha value is -1.79. The van der Waals surface area contributed by atoms with E-state index in [1.165, 1.54) is 19.3 Å². The van der Waals surface area contributed by atoms with Crippen LogP contribution in [0.4, 0.5) is 4.79 Å². The Morgan fingerprint density at radius 2 is 1.81 bits per heavy atom. The van der Waals surface area contributed by atoms with Gasteiger partial charge in [-0.25, -0.2) is 4.79 Å². The molecule has 4 fully saturated rings. The van der Waals surface area contributed by atoms with Crippen LogP contribution in [0.25, 0.3) is 0 Å². The number of carboxylic acids is 1.